The number of unbranched alkanes of at least 4 members (excludes halogenated alkanes) is 10. The van der Waals surface area contributed by atoms with Crippen molar-refractivity contribution in [2.75, 3.05) is 6.61 Å². The lowest BCUT2D eigenvalue weighted by Crippen LogP contribution is -2.30. The molecule has 1 aliphatic carbocycles. The van der Waals surface area contributed by atoms with Crippen molar-refractivity contribution in [1.82, 2.24) is 0 Å². The van der Waals surface area contributed by atoms with Crippen LogP contribution in [0.3, 0.4) is 0 Å². The predicted molar refractivity (Wildman–Crippen MR) is 169 cm³/mol. The summed E-state index contributed by atoms with van der Waals surface area (Å²) in [7, 11) is 0. The average Bonchev–Trinajstić information content (AvgIpc) is 3.01. The van der Waals surface area contributed by atoms with Gasteiger partial charge in [0.25, 0.3) is 0 Å². The Kier molecular flexibility index (Phi) is 15.9. The third-order valence-electron chi connectivity index (χ3n) is 8.59. The number of ether oxygens (including phenoxy) is 2. The molecular formula is C37H55FO3. The van der Waals surface area contributed by atoms with Gasteiger partial charge in [-0.1, -0.05) is 121 Å². The maximum absolute atomic E-state index is 13.9. The number of hydrogen-bond acceptors (Lipinski definition) is 3. The van der Waals surface area contributed by atoms with E-state index < -0.39 is 12.1 Å². The van der Waals surface area contributed by atoms with Crippen LogP contribution in [0.4, 0.5) is 4.39 Å². The van der Waals surface area contributed by atoms with Crippen molar-refractivity contribution in [3.05, 3.63) is 54.1 Å². The normalized spacial score (nSPS) is 17.7. The van der Waals surface area contributed by atoms with E-state index in [2.05, 4.69) is 55.5 Å². The van der Waals surface area contributed by atoms with Gasteiger partial charge in [0.1, 0.15) is 11.9 Å². The van der Waals surface area contributed by atoms with Crippen LogP contribution in [0.15, 0.2) is 48.5 Å². The maximum atomic E-state index is 13.9. The Morgan fingerprint density at radius 2 is 1.27 bits per heavy atom. The standard InChI is InChI=1S/C37H55FO3/c1-3-5-7-8-9-10-11-12-13-14-15-30-17-21-32(22-18-30)33-23-27-34(28-24-33)40-29-31-19-25-35(26-20-31)41-37(39)36(38)16-6-4-2/h17-18,21-24,27-28,31,35-36H,3-16,19-20,25-26,29H2,1-2H3/t31-,35-,36-/m0/s1. The molecule has 1 saturated carbocycles. The molecule has 0 aliphatic heterocycles. The van der Waals surface area contributed by atoms with Gasteiger partial charge in [-0.15, -0.1) is 0 Å². The first-order chi connectivity index (χ1) is 20.1. The van der Waals surface area contributed by atoms with Crippen LogP contribution in [0.25, 0.3) is 11.1 Å². The number of carbonyl (C=O) groups excluding carboxylic acids is 1. The third kappa shape index (κ3) is 13.0. The van der Waals surface area contributed by atoms with Crippen LogP contribution in [0.1, 0.15) is 129 Å². The molecular weight excluding hydrogens is 511 g/mol. The highest BCUT2D eigenvalue weighted by Gasteiger charge is 2.27. The first kappa shape index (κ1) is 33.1. The van der Waals surface area contributed by atoms with Gasteiger partial charge in [0.2, 0.25) is 0 Å². The molecule has 3 rings (SSSR count). The summed E-state index contributed by atoms with van der Waals surface area (Å²) in [5.74, 6) is 0.645. The predicted octanol–water partition coefficient (Wildman–Crippen LogP) is 10.8. The number of esters is 1. The van der Waals surface area contributed by atoms with Gasteiger partial charge in [-0.3, -0.25) is 0 Å². The monoisotopic (exact) mass is 566 g/mol. The summed E-state index contributed by atoms with van der Waals surface area (Å²) in [5.41, 5.74) is 3.87. The van der Waals surface area contributed by atoms with Crippen molar-refractivity contribution < 1.29 is 18.7 Å². The quantitative estimate of drug-likeness (QED) is 0.118. The molecule has 0 heterocycles. The Bertz CT molecular complexity index is 947. The number of rotatable bonds is 20. The second kappa shape index (κ2) is 19.7. The van der Waals surface area contributed by atoms with E-state index in [1.54, 1.807) is 0 Å². The first-order valence-electron chi connectivity index (χ1n) is 16.8. The number of alkyl halides is 1. The molecule has 1 atom stereocenters. The molecule has 0 bridgehead atoms. The largest absolute Gasteiger partial charge is 0.493 e. The van der Waals surface area contributed by atoms with Crippen LogP contribution in [-0.2, 0) is 16.0 Å². The van der Waals surface area contributed by atoms with E-state index in [0.29, 0.717) is 18.9 Å². The van der Waals surface area contributed by atoms with Crippen LogP contribution < -0.4 is 4.74 Å². The molecule has 1 aliphatic rings. The maximum Gasteiger partial charge on any atom is 0.340 e. The van der Waals surface area contributed by atoms with Gasteiger partial charge in [0.05, 0.1) is 6.61 Å². The Labute approximate surface area is 249 Å². The van der Waals surface area contributed by atoms with E-state index in [1.165, 1.54) is 87.3 Å². The second-order valence-electron chi connectivity index (χ2n) is 12.2. The van der Waals surface area contributed by atoms with Crippen molar-refractivity contribution in [3.63, 3.8) is 0 Å². The fourth-order valence-corrected chi connectivity index (χ4v) is 5.79. The second-order valence-corrected chi connectivity index (χ2v) is 12.2. The zero-order chi connectivity index (χ0) is 29.1. The molecule has 3 nitrogen and oxygen atoms in total. The third-order valence-corrected chi connectivity index (χ3v) is 8.59. The SMILES string of the molecule is CCCCCCCCCCCCc1ccc(-c2ccc(OC[C@H]3CC[C@H](OC(=O)[C@@H](F)CCCC)CC3)cc2)cc1. The molecule has 41 heavy (non-hydrogen) atoms. The minimum atomic E-state index is -1.48. The molecule has 2 aromatic carbocycles. The number of benzene rings is 2. The highest BCUT2D eigenvalue weighted by Crippen LogP contribution is 2.29. The first-order valence-corrected chi connectivity index (χ1v) is 16.8. The summed E-state index contributed by atoms with van der Waals surface area (Å²) >= 11 is 0. The lowest BCUT2D eigenvalue weighted by Gasteiger charge is -2.28. The van der Waals surface area contributed by atoms with Crippen LogP contribution in [0.5, 0.6) is 5.75 Å². The Balaban J connectivity index is 1.29. The highest BCUT2D eigenvalue weighted by molar-refractivity contribution is 5.74. The van der Waals surface area contributed by atoms with E-state index >= 15 is 0 Å². The molecule has 0 amide bonds. The lowest BCUT2D eigenvalue weighted by molar-refractivity contribution is -0.157. The molecule has 2 aromatic rings. The highest BCUT2D eigenvalue weighted by atomic mass is 19.1. The van der Waals surface area contributed by atoms with E-state index in [-0.39, 0.29) is 12.5 Å². The van der Waals surface area contributed by atoms with Crippen LogP contribution in [-0.4, -0.2) is 24.9 Å². The summed E-state index contributed by atoms with van der Waals surface area (Å²) in [5, 5.41) is 0. The molecule has 4 heteroatoms. The molecule has 0 aromatic heterocycles. The lowest BCUT2D eigenvalue weighted by atomic mass is 9.88. The van der Waals surface area contributed by atoms with Gasteiger partial charge >= 0.3 is 5.97 Å². The molecule has 0 unspecified atom stereocenters. The van der Waals surface area contributed by atoms with Gasteiger partial charge in [-0.2, -0.15) is 0 Å². The Morgan fingerprint density at radius 3 is 1.85 bits per heavy atom. The van der Waals surface area contributed by atoms with Gasteiger partial charge in [0, 0.05) is 0 Å². The smallest absolute Gasteiger partial charge is 0.340 e. The van der Waals surface area contributed by atoms with E-state index in [0.717, 1.165) is 37.9 Å². The molecule has 0 spiro atoms. The number of hydrogen-bond donors (Lipinski definition) is 0. The zero-order valence-electron chi connectivity index (χ0n) is 25.9. The fraction of sp³-hybridized carbons (Fsp3) is 0.649. The minimum absolute atomic E-state index is 0.154. The summed E-state index contributed by atoms with van der Waals surface area (Å²) < 4.78 is 25.4. The fourth-order valence-electron chi connectivity index (χ4n) is 5.79. The van der Waals surface area contributed by atoms with Crippen LogP contribution in [0, 0.1) is 5.92 Å². The Hall–Kier alpha value is -2.36. The van der Waals surface area contributed by atoms with Crippen LogP contribution in [0.2, 0.25) is 0 Å². The van der Waals surface area contributed by atoms with Gasteiger partial charge in [-0.25, -0.2) is 9.18 Å². The van der Waals surface area contributed by atoms with Crippen LogP contribution >= 0.6 is 0 Å². The van der Waals surface area contributed by atoms with Crippen molar-refractivity contribution in [2.24, 2.45) is 5.92 Å². The number of aryl methyl sites for hydroxylation is 1. The van der Waals surface area contributed by atoms with Crippen molar-refractivity contribution in [3.8, 4) is 16.9 Å². The van der Waals surface area contributed by atoms with Crippen molar-refractivity contribution >= 4 is 5.97 Å². The summed E-state index contributed by atoms with van der Waals surface area (Å²) in [6, 6.07) is 17.4. The molecule has 0 N–H and O–H groups in total. The number of halogens is 1. The Morgan fingerprint density at radius 1 is 0.732 bits per heavy atom. The minimum Gasteiger partial charge on any atom is -0.493 e. The molecule has 228 valence electrons. The van der Waals surface area contributed by atoms with Crippen molar-refractivity contribution in [2.45, 2.75) is 142 Å². The van der Waals surface area contributed by atoms with E-state index in [4.69, 9.17) is 9.47 Å². The topological polar surface area (TPSA) is 35.5 Å². The zero-order valence-corrected chi connectivity index (χ0v) is 25.9. The summed E-state index contributed by atoms with van der Waals surface area (Å²) in [6.45, 7) is 4.94. The molecule has 0 saturated heterocycles. The molecule has 1 fully saturated rings. The van der Waals surface area contributed by atoms with Gasteiger partial charge in [0.15, 0.2) is 6.17 Å². The van der Waals surface area contributed by atoms with E-state index in [1.807, 2.05) is 6.92 Å². The van der Waals surface area contributed by atoms with Gasteiger partial charge < -0.3 is 9.47 Å². The summed E-state index contributed by atoms with van der Waals surface area (Å²) in [4.78, 5) is 11.9. The molecule has 0 radical (unpaired) electrons. The van der Waals surface area contributed by atoms with Crippen molar-refractivity contribution in [1.29, 1.82) is 0 Å². The number of carbonyl (C=O) groups is 1. The average molecular weight is 567 g/mol. The van der Waals surface area contributed by atoms with Gasteiger partial charge in [-0.05, 0) is 79.7 Å². The summed E-state index contributed by atoms with van der Waals surface area (Å²) in [6.07, 6.45) is 18.6. The van der Waals surface area contributed by atoms with E-state index in [9.17, 15) is 9.18 Å².